The van der Waals surface area contributed by atoms with Crippen LogP contribution in [0.2, 0.25) is 0 Å². The van der Waals surface area contributed by atoms with Crippen molar-refractivity contribution < 1.29 is 62.2 Å². The monoisotopic (exact) mass is 586 g/mol. The van der Waals surface area contributed by atoms with Gasteiger partial charge in [-0.1, -0.05) is 6.07 Å². The highest BCUT2D eigenvalue weighted by Crippen LogP contribution is 2.65. The van der Waals surface area contributed by atoms with Gasteiger partial charge in [-0.3, -0.25) is 14.4 Å². The van der Waals surface area contributed by atoms with Crippen molar-refractivity contribution in [2.45, 2.75) is 67.5 Å². The van der Waals surface area contributed by atoms with Gasteiger partial charge in [-0.25, -0.2) is 4.79 Å². The fourth-order valence-electron chi connectivity index (χ4n) is 6.26. The van der Waals surface area contributed by atoms with Gasteiger partial charge in [-0.15, -0.1) is 0 Å². The summed E-state index contributed by atoms with van der Waals surface area (Å²) >= 11 is 0. The smallest absolute Gasteiger partial charge is 0.446 e. The van der Waals surface area contributed by atoms with Crippen molar-refractivity contribution in [3.05, 3.63) is 35.1 Å². The predicted molar refractivity (Wildman–Crippen MR) is 131 cm³/mol. The van der Waals surface area contributed by atoms with E-state index in [0.29, 0.717) is 25.1 Å². The third-order valence-corrected chi connectivity index (χ3v) is 8.03. The SMILES string of the molecule is CN1CC[C@]23c4c5ccc(O)c4O[C@H]2C(OC(=O)CCNC(=O)C[C@H](O)C(=O)O)=CC[C@@]3(O)[C@H]1C5.O=CC(F)(F)F. The van der Waals surface area contributed by atoms with E-state index in [1.807, 2.05) is 13.1 Å². The second-order valence-corrected chi connectivity index (χ2v) is 10.4. The van der Waals surface area contributed by atoms with Crippen LogP contribution in [0.4, 0.5) is 13.2 Å². The molecule has 1 saturated heterocycles. The maximum atomic E-state index is 12.6. The Morgan fingerprint density at radius 1 is 1.32 bits per heavy atom. The Bertz CT molecular complexity index is 1280. The number of rotatable bonds is 7. The first-order chi connectivity index (χ1) is 19.1. The van der Waals surface area contributed by atoms with E-state index < -0.39 is 60.0 Å². The van der Waals surface area contributed by atoms with Crippen LogP contribution in [0.3, 0.4) is 0 Å². The van der Waals surface area contributed by atoms with Crippen molar-refractivity contribution >= 4 is 24.1 Å². The maximum absolute atomic E-state index is 12.6. The molecule has 0 aromatic heterocycles. The predicted octanol–water partition coefficient (Wildman–Crippen LogP) is 0.303. The summed E-state index contributed by atoms with van der Waals surface area (Å²) in [5.41, 5.74) is -0.233. The van der Waals surface area contributed by atoms with Gasteiger partial charge in [0.05, 0.1) is 23.9 Å². The summed E-state index contributed by atoms with van der Waals surface area (Å²) in [6.07, 6.45) is -6.02. The topological polar surface area (TPSA) is 183 Å². The van der Waals surface area contributed by atoms with Gasteiger partial charge in [0.1, 0.15) is 5.76 Å². The lowest BCUT2D eigenvalue weighted by atomic mass is 9.50. The van der Waals surface area contributed by atoms with Crippen molar-refractivity contribution in [1.29, 1.82) is 0 Å². The van der Waals surface area contributed by atoms with Crippen LogP contribution in [0, 0.1) is 0 Å². The van der Waals surface area contributed by atoms with E-state index in [1.165, 1.54) is 0 Å². The molecule has 5 N–H and O–H groups in total. The minimum atomic E-state index is -4.64. The van der Waals surface area contributed by atoms with Gasteiger partial charge in [0.25, 0.3) is 0 Å². The maximum Gasteiger partial charge on any atom is 0.446 e. The van der Waals surface area contributed by atoms with E-state index in [0.717, 1.165) is 11.1 Å². The number of carbonyl (C=O) groups excluding carboxylic acids is 3. The van der Waals surface area contributed by atoms with Gasteiger partial charge in [0.2, 0.25) is 12.2 Å². The third kappa shape index (κ3) is 5.36. The second kappa shape index (κ2) is 10.9. The van der Waals surface area contributed by atoms with Crippen LogP contribution in [0.1, 0.15) is 36.8 Å². The number of phenols is 1. The largest absolute Gasteiger partial charge is 0.504 e. The summed E-state index contributed by atoms with van der Waals surface area (Å²) in [5, 5.41) is 42.9. The number of phenolic OH excluding ortho intramolecular Hbond substituents is 1. The van der Waals surface area contributed by atoms with Gasteiger partial charge in [0, 0.05) is 24.6 Å². The molecule has 12 nitrogen and oxygen atoms in total. The van der Waals surface area contributed by atoms with E-state index in [1.54, 1.807) is 12.1 Å². The zero-order chi connectivity index (χ0) is 30.3. The number of halogens is 3. The fraction of sp³-hybridized carbons (Fsp3) is 0.538. The molecule has 1 spiro atoms. The molecule has 1 fully saturated rings. The molecule has 224 valence electrons. The molecule has 15 heteroatoms. The number of nitrogens with one attached hydrogen (secondary N) is 1. The highest BCUT2D eigenvalue weighted by atomic mass is 19.4. The number of aliphatic hydroxyl groups is 2. The molecule has 5 atom stereocenters. The molecule has 0 radical (unpaired) electrons. The van der Waals surface area contributed by atoms with Crippen molar-refractivity contribution in [2.75, 3.05) is 20.1 Å². The number of hydrogen-bond acceptors (Lipinski definition) is 10. The fourth-order valence-corrected chi connectivity index (χ4v) is 6.26. The molecule has 4 aliphatic rings. The Balaban J connectivity index is 0.000000585. The number of piperidine rings is 1. The number of aromatic hydroxyl groups is 1. The highest BCUT2D eigenvalue weighted by molar-refractivity contribution is 5.83. The van der Waals surface area contributed by atoms with Crippen molar-refractivity contribution in [1.82, 2.24) is 10.2 Å². The van der Waals surface area contributed by atoms with Crippen LogP contribution in [0.25, 0.3) is 0 Å². The molecule has 2 bridgehead atoms. The third-order valence-electron chi connectivity index (χ3n) is 8.03. The molecule has 1 aromatic rings. The molecule has 2 heterocycles. The van der Waals surface area contributed by atoms with Crippen LogP contribution in [-0.2, 0) is 35.8 Å². The molecule has 1 aromatic carbocycles. The summed E-state index contributed by atoms with van der Waals surface area (Å²) in [6.45, 7) is 0.604. The average Bonchev–Trinajstić information content (AvgIpc) is 3.25. The first-order valence-corrected chi connectivity index (χ1v) is 12.7. The van der Waals surface area contributed by atoms with E-state index >= 15 is 0 Å². The van der Waals surface area contributed by atoms with Crippen molar-refractivity contribution in [2.24, 2.45) is 0 Å². The van der Waals surface area contributed by atoms with Crippen LogP contribution in [0.5, 0.6) is 11.5 Å². The normalized spacial score (nSPS) is 28.1. The minimum Gasteiger partial charge on any atom is -0.504 e. The molecule has 0 unspecified atom stereocenters. The molecule has 1 amide bonds. The summed E-state index contributed by atoms with van der Waals surface area (Å²) in [5.74, 6) is -2.29. The van der Waals surface area contributed by atoms with Gasteiger partial charge < -0.3 is 40.1 Å². The molecular formula is C26H29F3N2O10. The summed E-state index contributed by atoms with van der Waals surface area (Å²) < 4.78 is 43.1. The van der Waals surface area contributed by atoms with Gasteiger partial charge in [-0.2, -0.15) is 13.2 Å². The second-order valence-electron chi connectivity index (χ2n) is 10.4. The first-order valence-electron chi connectivity index (χ1n) is 12.7. The Morgan fingerprint density at radius 2 is 2.00 bits per heavy atom. The number of carboxylic acids is 1. The molecule has 2 aliphatic heterocycles. The van der Waals surface area contributed by atoms with Gasteiger partial charge >= 0.3 is 18.1 Å². The number of likely N-dealkylation sites (N-methyl/N-ethyl adjacent to an activating group) is 1. The lowest BCUT2D eigenvalue weighted by molar-refractivity contribution is -0.169. The lowest BCUT2D eigenvalue weighted by Gasteiger charge is -2.61. The Kier molecular flexibility index (Phi) is 8.08. The number of benzene rings is 1. The van der Waals surface area contributed by atoms with Crippen molar-refractivity contribution in [3.8, 4) is 11.5 Å². The number of ether oxygens (including phenoxy) is 2. The minimum absolute atomic E-state index is 0.0239. The average molecular weight is 587 g/mol. The number of aliphatic hydroxyl groups excluding tert-OH is 1. The zero-order valence-corrected chi connectivity index (χ0v) is 21.8. The van der Waals surface area contributed by atoms with E-state index in [2.05, 4.69) is 10.2 Å². The number of carbonyl (C=O) groups is 4. The van der Waals surface area contributed by atoms with Crippen LogP contribution < -0.4 is 10.1 Å². The standard InChI is InChI=1S/C24H28N2O9.C2HF3O/c1-26-9-7-23-19-12-2-3-13(27)20(19)35-21(23)15(4-6-24(23,33)16(26)10-12)34-18(30)5-8-25-17(29)11-14(28)22(31)32;3-2(4,5)1-6/h2-4,14,16,21,27-28,33H,5-11H2,1H3,(H,25,29)(H,31,32);1H/t14-,16+,21-,23-,24+;/m0./s1. The number of likely N-dealkylation sites (tertiary alicyclic amines) is 1. The first kappa shape index (κ1) is 30.3. The quantitative estimate of drug-likeness (QED) is 0.219. The van der Waals surface area contributed by atoms with E-state index in [-0.39, 0.29) is 36.9 Å². The number of alkyl halides is 3. The van der Waals surface area contributed by atoms with Crippen LogP contribution in [-0.4, -0.2) is 99.6 Å². The van der Waals surface area contributed by atoms with Crippen LogP contribution in [0.15, 0.2) is 24.0 Å². The Hall–Kier alpha value is -3.69. The number of amides is 1. The number of aldehydes is 1. The number of carboxylic acid groups (broad SMARTS) is 1. The Morgan fingerprint density at radius 3 is 2.63 bits per heavy atom. The molecule has 0 saturated carbocycles. The lowest BCUT2D eigenvalue weighted by Crippen LogP contribution is -2.74. The zero-order valence-electron chi connectivity index (χ0n) is 21.8. The van der Waals surface area contributed by atoms with Gasteiger partial charge in [0.15, 0.2) is 23.7 Å². The molecule has 41 heavy (non-hydrogen) atoms. The van der Waals surface area contributed by atoms with Gasteiger partial charge in [-0.05, 0) is 44.1 Å². The number of nitrogens with zero attached hydrogens (tertiary/aromatic N) is 1. The summed E-state index contributed by atoms with van der Waals surface area (Å²) in [6, 6.07) is 3.29. The Labute approximate surface area is 231 Å². The molecular weight excluding hydrogens is 557 g/mol. The van der Waals surface area contributed by atoms with Crippen molar-refractivity contribution in [3.63, 3.8) is 0 Å². The number of esters is 1. The number of hydrogen-bond donors (Lipinski definition) is 5. The van der Waals surface area contributed by atoms with E-state index in [4.69, 9.17) is 19.4 Å². The van der Waals surface area contributed by atoms with E-state index in [9.17, 15) is 42.9 Å². The highest BCUT2D eigenvalue weighted by Gasteiger charge is 2.72. The summed E-state index contributed by atoms with van der Waals surface area (Å²) in [7, 11) is 1.98. The molecule has 2 aliphatic carbocycles. The van der Waals surface area contributed by atoms with Crippen LogP contribution >= 0.6 is 0 Å². The number of aliphatic carboxylic acids is 1. The molecule has 5 rings (SSSR count). The summed E-state index contributed by atoms with van der Waals surface area (Å²) in [4.78, 5) is 45.8.